The lowest BCUT2D eigenvalue weighted by Gasteiger charge is -2.61. The SMILES string of the molecule is Cl.Cl.c1ccc(N2CCN(C34CC5CC(CC(C5)C3)C4)CC2)cc1. The first-order chi connectivity index (χ1) is 10.8. The van der Waals surface area contributed by atoms with Gasteiger partial charge in [-0.2, -0.15) is 0 Å². The molecule has 4 aliphatic carbocycles. The van der Waals surface area contributed by atoms with Gasteiger partial charge < -0.3 is 4.90 Å². The third kappa shape index (κ3) is 3.06. The van der Waals surface area contributed by atoms with E-state index in [4.69, 9.17) is 0 Å². The van der Waals surface area contributed by atoms with Crippen molar-refractivity contribution < 1.29 is 0 Å². The maximum Gasteiger partial charge on any atom is 0.0367 e. The lowest BCUT2D eigenvalue weighted by molar-refractivity contribution is -0.0901. The predicted octanol–water partition coefficient (Wildman–Crippen LogP) is 4.62. The average Bonchev–Trinajstić information content (AvgIpc) is 2.55. The Morgan fingerprint density at radius 2 is 1.21 bits per heavy atom. The van der Waals surface area contributed by atoms with Gasteiger partial charge in [0.1, 0.15) is 0 Å². The van der Waals surface area contributed by atoms with Gasteiger partial charge in [0.2, 0.25) is 0 Å². The first-order valence-corrected chi connectivity index (χ1v) is 9.36. The number of para-hydroxylation sites is 1. The van der Waals surface area contributed by atoms with Gasteiger partial charge in [-0.15, -0.1) is 24.8 Å². The van der Waals surface area contributed by atoms with Crippen LogP contribution >= 0.6 is 24.8 Å². The summed E-state index contributed by atoms with van der Waals surface area (Å²) in [5.74, 6) is 3.20. The van der Waals surface area contributed by atoms with Crippen LogP contribution in [0.25, 0.3) is 0 Å². The maximum absolute atomic E-state index is 2.91. The van der Waals surface area contributed by atoms with E-state index in [0.717, 1.165) is 17.8 Å². The largest absolute Gasteiger partial charge is 0.369 e. The molecule has 0 radical (unpaired) electrons. The number of halogens is 2. The van der Waals surface area contributed by atoms with E-state index in [1.807, 2.05) is 0 Å². The smallest absolute Gasteiger partial charge is 0.0367 e. The minimum atomic E-state index is 0. The monoisotopic (exact) mass is 368 g/mol. The van der Waals surface area contributed by atoms with Crippen LogP contribution < -0.4 is 4.90 Å². The molecule has 2 nitrogen and oxygen atoms in total. The second kappa shape index (κ2) is 7.05. The molecule has 0 amide bonds. The van der Waals surface area contributed by atoms with Crippen LogP contribution in [-0.4, -0.2) is 36.6 Å². The van der Waals surface area contributed by atoms with Crippen LogP contribution in [0.15, 0.2) is 30.3 Å². The normalized spacial score (nSPS) is 37.7. The van der Waals surface area contributed by atoms with Gasteiger partial charge in [0, 0.05) is 37.4 Å². The molecule has 1 aromatic carbocycles. The number of hydrogen-bond donors (Lipinski definition) is 0. The van der Waals surface area contributed by atoms with Crippen molar-refractivity contribution in [1.29, 1.82) is 0 Å². The first kappa shape index (κ1) is 18.4. The maximum atomic E-state index is 2.91. The van der Waals surface area contributed by atoms with Crippen molar-refractivity contribution in [2.45, 2.75) is 44.1 Å². The summed E-state index contributed by atoms with van der Waals surface area (Å²) in [6, 6.07) is 11.0. The molecule has 24 heavy (non-hydrogen) atoms. The molecule has 5 fully saturated rings. The van der Waals surface area contributed by atoms with Crippen LogP contribution in [0.5, 0.6) is 0 Å². The van der Waals surface area contributed by atoms with Crippen molar-refractivity contribution >= 4 is 30.5 Å². The molecule has 4 bridgehead atoms. The molecular formula is C20H30Cl2N2. The van der Waals surface area contributed by atoms with Crippen LogP contribution in [0.2, 0.25) is 0 Å². The summed E-state index contributed by atoms with van der Waals surface area (Å²) in [4.78, 5) is 5.49. The second-order valence-corrected chi connectivity index (χ2v) is 8.45. The van der Waals surface area contributed by atoms with E-state index in [2.05, 4.69) is 40.1 Å². The molecule has 5 aliphatic rings. The van der Waals surface area contributed by atoms with Crippen LogP contribution in [-0.2, 0) is 0 Å². The zero-order valence-corrected chi connectivity index (χ0v) is 16.0. The Balaban J connectivity index is 0.000000845. The van der Waals surface area contributed by atoms with Gasteiger partial charge in [-0.3, -0.25) is 4.90 Å². The third-order valence-electron chi connectivity index (χ3n) is 7.08. The number of rotatable bonds is 2. The zero-order chi connectivity index (χ0) is 14.6. The van der Waals surface area contributed by atoms with Crippen molar-refractivity contribution in [2.75, 3.05) is 31.1 Å². The van der Waals surface area contributed by atoms with Gasteiger partial charge in [-0.05, 0) is 68.4 Å². The predicted molar refractivity (Wildman–Crippen MR) is 106 cm³/mol. The topological polar surface area (TPSA) is 6.48 Å². The molecule has 1 heterocycles. The number of piperazine rings is 1. The van der Waals surface area contributed by atoms with E-state index in [9.17, 15) is 0 Å². The number of hydrogen-bond acceptors (Lipinski definition) is 2. The van der Waals surface area contributed by atoms with Crippen molar-refractivity contribution in [3.8, 4) is 0 Å². The summed E-state index contributed by atoms with van der Waals surface area (Å²) >= 11 is 0. The van der Waals surface area contributed by atoms with E-state index < -0.39 is 0 Å². The molecule has 134 valence electrons. The quantitative estimate of drug-likeness (QED) is 0.751. The molecule has 1 aromatic rings. The molecule has 1 aliphatic heterocycles. The average molecular weight is 369 g/mol. The van der Waals surface area contributed by atoms with Gasteiger partial charge in [-0.1, -0.05) is 18.2 Å². The highest BCUT2D eigenvalue weighted by atomic mass is 35.5. The molecule has 4 heteroatoms. The van der Waals surface area contributed by atoms with Crippen LogP contribution in [0.3, 0.4) is 0 Å². The third-order valence-corrected chi connectivity index (χ3v) is 7.08. The van der Waals surface area contributed by atoms with Crippen molar-refractivity contribution in [3.63, 3.8) is 0 Å². The van der Waals surface area contributed by atoms with Gasteiger partial charge in [0.05, 0.1) is 0 Å². The Morgan fingerprint density at radius 3 is 1.71 bits per heavy atom. The van der Waals surface area contributed by atoms with Crippen molar-refractivity contribution in [2.24, 2.45) is 17.8 Å². The van der Waals surface area contributed by atoms with Crippen molar-refractivity contribution in [3.05, 3.63) is 30.3 Å². The van der Waals surface area contributed by atoms with Gasteiger partial charge in [0.25, 0.3) is 0 Å². The molecule has 0 spiro atoms. The zero-order valence-electron chi connectivity index (χ0n) is 14.4. The summed E-state index contributed by atoms with van der Waals surface area (Å²) in [5.41, 5.74) is 2.02. The molecule has 1 saturated heterocycles. The number of nitrogens with zero attached hydrogens (tertiary/aromatic N) is 2. The summed E-state index contributed by atoms with van der Waals surface area (Å²) < 4.78 is 0. The summed E-state index contributed by atoms with van der Waals surface area (Å²) in [6.07, 6.45) is 9.23. The van der Waals surface area contributed by atoms with Gasteiger partial charge in [0.15, 0.2) is 0 Å². The molecule has 4 saturated carbocycles. The van der Waals surface area contributed by atoms with Gasteiger partial charge >= 0.3 is 0 Å². The molecule has 0 unspecified atom stereocenters. The highest BCUT2D eigenvalue weighted by molar-refractivity contribution is 5.85. The fourth-order valence-corrected chi connectivity index (χ4v) is 6.53. The minimum Gasteiger partial charge on any atom is -0.369 e. The lowest BCUT2D eigenvalue weighted by Crippen LogP contribution is -2.63. The van der Waals surface area contributed by atoms with Crippen LogP contribution in [0.1, 0.15) is 38.5 Å². The van der Waals surface area contributed by atoms with E-state index in [1.165, 1.54) is 51.1 Å². The van der Waals surface area contributed by atoms with Crippen molar-refractivity contribution in [1.82, 2.24) is 4.90 Å². The van der Waals surface area contributed by atoms with E-state index in [0.29, 0.717) is 5.54 Å². The Labute approximate surface area is 158 Å². The summed E-state index contributed by atoms with van der Waals surface area (Å²) in [7, 11) is 0. The molecule has 0 N–H and O–H groups in total. The Hall–Kier alpha value is -0.440. The van der Waals surface area contributed by atoms with Crippen LogP contribution in [0, 0.1) is 17.8 Å². The Bertz CT molecular complexity index is 505. The van der Waals surface area contributed by atoms with Crippen LogP contribution in [0.4, 0.5) is 5.69 Å². The highest BCUT2D eigenvalue weighted by Crippen LogP contribution is 2.57. The number of anilines is 1. The highest BCUT2D eigenvalue weighted by Gasteiger charge is 2.53. The first-order valence-electron chi connectivity index (χ1n) is 9.36. The minimum absolute atomic E-state index is 0. The molecule has 6 rings (SSSR count). The molecule has 0 aromatic heterocycles. The number of benzene rings is 1. The fourth-order valence-electron chi connectivity index (χ4n) is 6.53. The summed E-state index contributed by atoms with van der Waals surface area (Å²) in [5, 5.41) is 0. The summed E-state index contributed by atoms with van der Waals surface area (Å²) in [6.45, 7) is 4.99. The Morgan fingerprint density at radius 1 is 0.708 bits per heavy atom. The lowest BCUT2D eigenvalue weighted by atomic mass is 9.52. The standard InChI is InChI=1S/C20H28N2.2ClH/c1-2-4-19(5-3-1)21-6-8-22(9-7-21)20-13-16-10-17(14-20)12-18(11-16)15-20;;/h1-5,16-18H,6-15H2;2*1H. The van der Waals surface area contributed by atoms with E-state index >= 15 is 0 Å². The second-order valence-electron chi connectivity index (χ2n) is 8.45. The fraction of sp³-hybridized carbons (Fsp3) is 0.700. The Kier molecular flexibility index (Phi) is 5.39. The molecule has 0 atom stereocenters. The van der Waals surface area contributed by atoms with Gasteiger partial charge in [-0.25, -0.2) is 0 Å². The van der Waals surface area contributed by atoms with E-state index in [1.54, 1.807) is 19.3 Å². The van der Waals surface area contributed by atoms with E-state index in [-0.39, 0.29) is 24.8 Å². The molecular weight excluding hydrogens is 339 g/mol.